The Labute approximate surface area is 91.4 Å². The lowest BCUT2D eigenvalue weighted by Crippen LogP contribution is -2.32. The van der Waals surface area contributed by atoms with Crippen LogP contribution in [0.1, 0.15) is 20.3 Å². The zero-order chi connectivity index (χ0) is 10.8. The van der Waals surface area contributed by atoms with E-state index < -0.39 is 11.9 Å². The summed E-state index contributed by atoms with van der Waals surface area (Å²) < 4.78 is 0. The van der Waals surface area contributed by atoms with Gasteiger partial charge < -0.3 is 5.11 Å². The van der Waals surface area contributed by atoms with Crippen molar-refractivity contribution in [1.29, 1.82) is 0 Å². The lowest BCUT2D eigenvalue weighted by Gasteiger charge is -2.26. The van der Waals surface area contributed by atoms with Gasteiger partial charge in [0.15, 0.2) is 0 Å². The van der Waals surface area contributed by atoms with Crippen molar-refractivity contribution in [3.8, 4) is 0 Å². The van der Waals surface area contributed by atoms with Crippen molar-refractivity contribution in [3.05, 3.63) is 0 Å². The summed E-state index contributed by atoms with van der Waals surface area (Å²) >= 11 is 0. The molecule has 0 saturated carbocycles. The number of Topliss-reactive ketones (excluding diaryl/α,β-unsaturated/α-hetero) is 1. The Morgan fingerprint density at radius 2 is 2.14 bits per heavy atom. The predicted molar refractivity (Wildman–Crippen MR) is 59.4 cm³/mol. The Morgan fingerprint density at radius 1 is 1.50 bits per heavy atom. The standard InChI is InChI=1S/C9H14O3S2/c1-9(2)5-14-13-4-6(8(11)12)3-7(9)10/h6H,3-5H2,1-2H3,(H,11,12)/t6-/m0/s1. The fourth-order valence-electron chi connectivity index (χ4n) is 1.12. The van der Waals surface area contributed by atoms with Gasteiger partial charge in [-0.1, -0.05) is 35.4 Å². The number of carbonyl (C=O) groups excluding carboxylic acids is 1. The predicted octanol–water partition coefficient (Wildman–Crippen LogP) is 2.07. The molecule has 1 aliphatic rings. The molecule has 14 heavy (non-hydrogen) atoms. The van der Waals surface area contributed by atoms with Crippen LogP contribution in [0.25, 0.3) is 0 Å². The molecular weight excluding hydrogens is 220 g/mol. The lowest BCUT2D eigenvalue weighted by atomic mass is 9.85. The zero-order valence-corrected chi connectivity index (χ0v) is 9.91. The summed E-state index contributed by atoms with van der Waals surface area (Å²) in [5.74, 6) is -0.00795. The summed E-state index contributed by atoms with van der Waals surface area (Å²) in [7, 11) is 3.15. The smallest absolute Gasteiger partial charge is 0.307 e. The van der Waals surface area contributed by atoms with Gasteiger partial charge in [0.2, 0.25) is 0 Å². The molecule has 1 fully saturated rings. The van der Waals surface area contributed by atoms with E-state index in [0.29, 0.717) is 5.75 Å². The fraction of sp³-hybridized carbons (Fsp3) is 0.778. The second kappa shape index (κ2) is 4.57. The maximum Gasteiger partial charge on any atom is 0.307 e. The van der Waals surface area contributed by atoms with Crippen molar-refractivity contribution in [3.63, 3.8) is 0 Å². The third-order valence-corrected chi connectivity index (χ3v) is 5.11. The minimum atomic E-state index is -0.857. The molecule has 5 heteroatoms. The molecule has 0 aromatic carbocycles. The van der Waals surface area contributed by atoms with Gasteiger partial charge in [-0.05, 0) is 0 Å². The monoisotopic (exact) mass is 234 g/mol. The summed E-state index contributed by atoms with van der Waals surface area (Å²) in [5, 5.41) is 8.87. The minimum Gasteiger partial charge on any atom is -0.481 e. The number of carboxylic acid groups (broad SMARTS) is 1. The Balaban J connectivity index is 2.71. The third-order valence-electron chi connectivity index (χ3n) is 2.31. The quantitative estimate of drug-likeness (QED) is 0.704. The van der Waals surface area contributed by atoms with Crippen molar-refractivity contribution in [2.24, 2.45) is 11.3 Å². The van der Waals surface area contributed by atoms with E-state index >= 15 is 0 Å². The van der Waals surface area contributed by atoms with E-state index in [0.717, 1.165) is 5.75 Å². The second-order valence-electron chi connectivity index (χ2n) is 4.09. The molecule has 0 radical (unpaired) electrons. The Morgan fingerprint density at radius 3 is 2.71 bits per heavy atom. The van der Waals surface area contributed by atoms with Crippen molar-refractivity contribution >= 4 is 33.3 Å². The molecule has 1 heterocycles. The number of hydrogen-bond donors (Lipinski definition) is 1. The van der Waals surface area contributed by atoms with Crippen LogP contribution in [0.5, 0.6) is 0 Å². The van der Waals surface area contributed by atoms with Crippen LogP contribution in [-0.2, 0) is 9.59 Å². The van der Waals surface area contributed by atoms with E-state index in [9.17, 15) is 9.59 Å². The van der Waals surface area contributed by atoms with Gasteiger partial charge in [-0.25, -0.2) is 0 Å². The molecule has 0 unspecified atom stereocenters. The van der Waals surface area contributed by atoms with Crippen LogP contribution >= 0.6 is 21.6 Å². The first-order chi connectivity index (χ1) is 6.43. The maximum atomic E-state index is 11.7. The van der Waals surface area contributed by atoms with Gasteiger partial charge in [-0.2, -0.15) is 0 Å². The van der Waals surface area contributed by atoms with Gasteiger partial charge in [0.1, 0.15) is 5.78 Å². The number of hydrogen-bond acceptors (Lipinski definition) is 4. The van der Waals surface area contributed by atoms with Crippen LogP contribution in [0, 0.1) is 11.3 Å². The molecule has 1 aliphatic heterocycles. The van der Waals surface area contributed by atoms with E-state index in [4.69, 9.17) is 5.11 Å². The second-order valence-corrected chi connectivity index (χ2v) is 6.60. The van der Waals surface area contributed by atoms with Crippen molar-refractivity contribution < 1.29 is 14.7 Å². The largest absolute Gasteiger partial charge is 0.481 e. The van der Waals surface area contributed by atoms with Gasteiger partial charge in [0.05, 0.1) is 5.92 Å². The maximum absolute atomic E-state index is 11.7. The molecule has 80 valence electrons. The van der Waals surface area contributed by atoms with Gasteiger partial charge in [-0.15, -0.1) is 0 Å². The highest BCUT2D eigenvalue weighted by Crippen LogP contribution is 2.37. The van der Waals surface area contributed by atoms with Gasteiger partial charge in [-0.3, -0.25) is 9.59 Å². The van der Waals surface area contributed by atoms with Crippen molar-refractivity contribution in [2.45, 2.75) is 20.3 Å². The summed E-state index contributed by atoms with van der Waals surface area (Å²) in [6.07, 6.45) is 0.176. The number of carboxylic acids is 1. The molecule has 0 bridgehead atoms. The Kier molecular flexibility index (Phi) is 3.89. The number of aliphatic carboxylic acids is 1. The van der Waals surface area contributed by atoms with E-state index in [1.807, 2.05) is 13.8 Å². The van der Waals surface area contributed by atoms with Crippen LogP contribution in [0.4, 0.5) is 0 Å². The third kappa shape index (κ3) is 2.92. The van der Waals surface area contributed by atoms with Crippen molar-refractivity contribution in [2.75, 3.05) is 11.5 Å². The van der Waals surface area contributed by atoms with E-state index in [2.05, 4.69) is 0 Å². The highest BCUT2D eigenvalue weighted by atomic mass is 33.1. The van der Waals surface area contributed by atoms with Crippen LogP contribution in [0.2, 0.25) is 0 Å². The average molecular weight is 234 g/mol. The molecular formula is C9H14O3S2. The molecule has 0 aromatic heterocycles. The molecule has 1 saturated heterocycles. The molecule has 1 N–H and O–H groups in total. The van der Waals surface area contributed by atoms with Crippen LogP contribution in [0.3, 0.4) is 0 Å². The average Bonchev–Trinajstić information content (AvgIpc) is 2.07. The normalized spacial score (nSPS) is 27.9. The topological polar surface area (TPSA) is 54.4 Å². The summed E-state index contributed by atoms with van der Waals surface area (Å²) in [4.78, 5) is 22.5. The zero-order valence-electron chi connectivity index (χ0n) is 8.28. The number of rotatable bonds is 1. The van der Waals surface area contributed by atoms with E-state index in [1.54, 1.807) is 21.6 Å². The summed E-state index contributed by atoms with van der Waals surface area (Å²) in [6.45, 7) is 3.76. The highest BCUT2D eigenvalue weighted by Gasteiger charge is 2.33. The van der Waals surface area contributed by atoms with Crippen LogP contribution < -0.4 is 0 Å². The Bertz CT molecular complexity index is 250. The molecule has 0 aliphatic carbocycles. The summed E-state index contributed by atoms with van der Waals surface area (Å²) in [5.41, 5.74) is -0.383. The molecule has 1 atom stereocenters. The van der Waals surface area contributed by atoms with Gasteiger partial charge in [0, 0.05) is 23.3 Å². The molecule has 0 spiro atoms. The molecule has 3 nitrogen and oxygen atoms in total. The fourth-order valence-corrected chi connectivity index (χ4v) is 4.09. The Hall–Kier alpha value is -0.160. The van der Waals surface area contributed by atoms with Crippen molar-refractivity contribution in [1.82, 2.24) is 0 Å². The summed E-state index contributed by atoms with van der Waals surface area (Å²) in [6, 6.07) is 0. The van der Waals surface area contributed by atoms with Gasteiger partial charge >= 0.3 is 5.97 Å². The lowest BCUT2D eigenvalue weighted by molar-refractivity contribution is -0.143. The minimum absolute atomic E-state index is 0.0673. The highest BCUT2D eigenvalue weighted by molar-refractivity contribution is 8.76. The molecule has 0 amide bonds. The number of carbonyl (C=O) groups is 2. The van der Waals surface area contributed by atoms with Crippen LogP contribution in [-0.4, -0.2) is 28.4 Å². The number of ketones is 1. The van der Waals surface area contributed by atoms with E-state index in [-0.39, 0.29) is 17.6 Å². The van der Waals surface area contributed by atoms with Crippen LogP contribution in [0.15, 0.2) is 0 Å². The SMILES string of the molecule is CC1(C)CSSC[C@@H](C(=O)O)CC1=O. The first kappa shape index (κ1) is 11.9. The molecule has 1 rings (SSSR count). The van der Waals surface area contributed by atoms with E-state index in [1.165, 1.54) is 0 Å². The first-order valence-electron chi connectivity index (χ1n) is 4.44. The van der Waals surface area contributed by atoms with Gasteiger partial charge in [0.25, 0.3) is 0 Å². The molecule has 0 aromatic rings. The first-order valence-corrected chi connectivity index (χ1v) is 6.93.